The van der Waals surface area contributed by atoms with Gasteiger partial charge in [0, 0.05) is 0 Å². The minimum atomic E-state index is -1.66. The second kappa shape index (κ2) is 20.4. The molecular formula is C15H30Cl3N3Rh-3. The van der Waals surface area contributed by atoms with Crippen molar-refractivity contribution in [2.75, 3.05) is 39.3 Å². The zero-order valence-electron chi connectivity index (χ0n) is 13.4. The maximum atomic E-state index is 4.94. The van der Waals surface area contributed by atoms with Crippen LogP contribution < -0.4 is 0 Å². The van der Waals surface area contributed by atoms with Crippen LogP contribution in [0.1, 0.15) is 57.8 Å². The Morgan fingerprint density at radius 2 is 0.591 bits per heavy atom. The standard InChI is InChI=1S/3C5H10N.3ClH.Rh/c3*1-2-4-6-5-3-1;;;;/h3*1-5H2;3*1H;/q3*-1;;;;+3/p-3. The summed E-state index contributed by atoms with van der Waals surface area (Å²) in [6.07, 6.45) is 12.2. The van der Waals surface area contributed by atoms with Crippen molar-refractivity contribution in [1.29, 1.82) is 0 Å². The second-order valence-electron chi connectivity index (χ2n) is 5.34. The van der Waals surface area contributed by atoms with Gasteiger partial charge in [0.15, 0.2) is 0 Å². The van der Waals surface area contributed by atoms with E-state index in [1.807, 2.05) is 0 Å². The molecule has 0 aromatic rings. The minimum absolute atomic E-state index is 1.12. The van der Waals surface area contributed by atoms with Gasteiger partial charge in [-0.3, -0.25) is 0 Å². The molecule has 0 saturated carbocycles. The van der Waals surface area contributed by atoms with Crippen molar-refractivity contribution >= 4 is 29.1 Å². The van der Waals surface area contributed by atoms with Gasteiger partial charge in [-0.2, -0.15) is 0 Å². The number of nitrogens with zero attached hydrogens (tertiary/aromatic N) is 3. The molecule has 3 heterocycles. The zero-order chi connectivity index (χ0) is 16.3. The van der Waals surface area contributed by atoms with E-state index in [9.17, 15) is 0 Å². The van der Waals surface area contributed by atoms with E-state index in [1.165, 1.54) is 57.8 Å². The van der Waals surface area contributed by atoms with Crippen LogP contribution in [0.25, 0.3) is 16.0 Å². The molecule has 0 N–H and O–H groups in total. The number of hydrogen-bond donors (Lipinski definition) is 0. The number of halogens is 3. The fourth-order valence-corrected chi connectivity index (χ4v) is 2.21. The average Bonchev–Trinajstić information content (AvgIpc) is 2.60. The van der Waals surface area contributed by atoms with E-state index in [1.54, 1.807) is 0 Å². The van der Waals surface area contributed by atoms with Crippen LogP contribution in [0.2, 0.25) is 0 Å². The normalized spacial score (nSPS) is 21.7. The summed E-state index contributed by atoms with van der Waals surface area (Å²) in [4.78, 5) is 0. The first kappa shape index (κ1) is 23.4. The number of hydrogen-bond acceptors (Lipinski definition) is 0. The van der Waals surface area contributed by atoms with Crippen molar-refractivity contribution in [1.82, 2.24) is 0 Å². The van der Waals surface area contributed by atoms with Crippen molar-refractivity contribution in [2.45, 2.75) is 57.8 Å². The van der Waals surface area contributed by atoms with Gasteiger partial charge in [-0.25, -0.2) is 0 Å². The van der Waals surface area contributed by atoms with Gasteiger partial charge >= 0.3 is 42.1 Å². The van der Waals surface area contributed by atoms with Crippen LogP contribution in [0, 0.1) is 0 Å². The van der Waals surface area contributed by atoms with Crippen LogP contribution in [-0.4, -0.2) is 39.3 Å². The molecule has 0 unspecified atom stereocenters. The predicted molar refractivity (Wildman–Crippen MR) is 98.4 cm³/mol. The molecule has 22 heavy (non-hydrogen) atoms. The molecule has 0 radical (unpaired) electrons. The fraction of sp³-hybridized carbons (Fsp3) is 1.00. The van der Waals surface area contributed by atoms with E-state index in [0.29, 0.717) is 0 Å². The summed E-state index contributed by atoms with van der Waals surface area (Å²) < 4.78 is 0. The second-order valence-corrected chi connectivity index (χ2v) is 12.8. The fourth-order valence-electron chi connectivity index (χ4n) is 2.21. The molecule has 0 spiro atoms. The SMILES string of the molecule is C1CC[N-]CC1.C1CC[N-]CC1.C1CC[N-]CC1.[Cl][Rh]([Cl])[Cl]. The summed E-state index contributed by atoms with van der Waals surface area (Å²) in [5, 5.41) is 12.5. The Morgan fingerprint density at radius 3 is 0.636 bits per heavy atom. The van der Waals surface area contributed by atoms with Gasteiger partial charge < -0.3 is 16.0 Å². The van der Waals surface area contributed by atoms with E-state index < -0.39 is 13.0 Å². The molecule has 3 aliphatic rings. The van der Waals surface area contributed by atoms with Gasteiger partial charge in [0.25, 0.3) is 0 Å². The molecule has 0 aromatic carbocycles. The number of piperidine rings is 3. The monoisotopic (exact) mass is 460 g/mol. The van der Waals surface area contributed by atoms with Gasteiger partial charge in [0.2, 0.25) is 0 Å². The van der Waals surface area contributed by atoms with Crippen LogP contribution in [0.5, 0.6) is 0 Å². The van der Waals surface area contributed by atoms with Gasteiger partial charge in [-0.15, -0.1) is 39.3 Å². The topological polar surface area (TPSA) is 42.3 Å². The summed E-state index contributed by atoms with van der Waals surface area (Å²) in [5.41, 5.74) is 0. The van der Waals surface area contributed by atoms with Crippen molar-refractivity contribution in [3.05, 3.63) is 16.0 Å². The van der Waals surface area contributed by atoms with E-state index in [0.717, 1.165) is 39.3 Å². The molecule has 3 fully saturated rings. The summed E-state index contributed by atoms with van der Waals surface area (Å²) >= 11 is -1.66. The van der Waals surface area contributed by atoms with Crippen molar-refractivity contribution < 1.29 is 13.0 Å². The Bertz CT molecular complexity index is 135. The molecule has 0 amide bonds. The maximum absolute atomic E-state index is 4.94. The van der Waals surface area contributed by atoms with E-state index in [2.05, 4.69) is 16.0 Å². The van der Waals surface area contributed by atoms with E-state index >= 15 is 0 Å². The van der Waals surface area contributed by atoms with E-state index in [4.69, 9.17) is 29.1 Å². The number of rotatable bonds is 0. The Morgan fingerprint density at radius 1 is 0.409 bits per heavy atom. The average molecular weight is 462 g/mol. The molecule has 3 rings (SSSR count). The first-order valence-electron chi connectivity index (χ1n) is 8.28. The molecule has 3 aliphatic heterocycles. The van der Waals surface area contributed by atoms with E-state index in [-0.39, 0.29) is 0 Å². The third kappa shape index (κ3) is 23.6. The van der Waals surface area contributed by atoms with Gasteiger partial charge in [0.1, 0.15) is 0 Å². The van der Waals surface area contributed by atoms with Crippen molar-refractivity contribution in [3.8, 4) is 0 Å². The Balaban J connectivity index is 0.000000271. The third-order valence-corrected chi connectivity index (χ3v) is 3.40. The molecule has 0 bridgehead atoms. The first-order chi connectivity index (χ1) is 10.7. The first-order valence-corrected chi connectivity index (χ1v) is 14.6. The molecule has 3 nitrogen and oxygen atoms in total. The molecule has 0 atom stereocenters. The quantitative estimate of drug-likeness (QED) is 0.360. The van der Waals surface area contributed by atoms with Gasteiger partial charge in [-0.1, -0.05) is 57.8 Å². The summed E-state index contributed by atoms with van der Waals surface area (Å²) in [7, 11) is 14.8. The zero-order valence-corrected chi connectivity index (χ0v) is 17.3. The molecule has 3 saturated heterocycles. The predicted octanol–water partition coefficient (Wildman–Crippen LogP) is 6.70. The summed E-state index contributed by atoms with van der Waals surface area (Å²) in [6.45, 7) is 6.75. The Hall–Kier alpha value is 1.37. The van der Waals surface area contributed by atoms with Crippen LogP contribution in [-0.2, 0) is 13.0 Å². The summed E-state index contributed by atoms with van der Waals surface area (Å²) in [5.74, 6) is 0. The molecule has 0 aromatic heterocycles. The molecule has 7 heteroatoms. The van der Waals surface area contributed by atoms with Gasteiger partial charge in [-0.05, 0) is 0 Å². The molecule has 0 aliphatic carbocycles. The molecule has 138 valence electrons. The van der Waals surface area contributed by atoms with Crippen LogP contribution in [0.4, 0.5) is 0 Å². The Labute approximate surface area is 154 Å². The Kier molecular flexibility index (Phi) is 21.7. The summed E-state index contributed by atoms with van der Waals surface area (Å²) in [6, 6.07) is 0. The van der Waals surface area contributed by atoms with Gasteiger partial charge in [0.05, 0.1) is 0 Å². The molecular weight excluding hydrogens is 431 g/mol. The van der Waals surface area contributed by atoms with Crippen molar-refractivity contribution in [2.24, 2.45) is 0 Å². The van der Waals surface area contributed by atoms with Crippen LogP contribution >= 0.6 is 29.1 Å². The third-order valence-electron chi connectivity index (χ3n) is 3.40. The van der Waals surface area contributed by atoms with Crippen LogP contribution in [0.15, 0.2) is 0 Å². The van der Waals surface area contributed by atoms with Crippen LogP contribution in [0.3, 0.4) is 0 Å². The van der Waals surface area contributed by atoms with Crippen molar-refractivity contribution in [3.63, 3.8) is 0 Å².